The van der Waals surface area contributed by atoms with Gasteiger partial charge >= 0.3 is 5.97 Å². The van der Waals surface area contributed by atoms with Crippen LogP contribution in [0.4, 0.5) is 17.5 Å². The first-order valence-electron chi connectivity index (χ1n) is 8.84. The van der Waals surface area contributed by atoms with Gasteiger partial charge in [-0.3, -0.25) is 0 Å². The molecule has 0 aliphatic carbocycles. The number of nitrogens with one attached hydrogen (secondary N) is 2. The molecule has 3 rings (SSSR count). The van der Waals surface area contributed by atoms with Gasteiger partial charge in [-0.2, -0.15) is 4.98 Å². The van der Waals surface area contributed by atoms with E-state index in [9.17, 15) is 4.79 Å². The van der Waals surface area contributed by atoms with Crippen molar-refractivity contribution in [3.63, 3.8) is 0 Å². The summed E-state index contributed by atoms with van der Waals surface area (Å²) in [5, 5.41) is 6.39. The van der Waals surface area contributed by atoms with Gasteiger partial charge in [0.1, 0.15) is 11.6 Å². The Hall–Kier alpha value is -3.61. The van der Waals surface area contributed by atoms with Crippen LogP contribution in [0.5, 0.6) is 5.75 Å². The zero-order valence-corrected chi connectivity index (χ0v) is 15.8. The molecule has 0 atom stereocenters. The van der Waals surface area contributed by atoms with Gasteiger partial charge in [0, 0.05) is 18.4 Å². The fraction of sp³-hybridized carbons (Fsp3) is 0.190. The molecule has 0 bridgehead atoms. The Kier molecular flexibility index (Phi) is 6.41. The number of nitrogens with zero attached hydrogens (tertiary/aromatic N) is 2. The number of benzene rings is 2. The minimum atomic E-state index is -0.392. The lowest BCUT2D eigenvalue weighted by atomic mass is 10.1. The largest absolute Gasteiger partial charge is 0.496 e. The molecule has 0 amide bonds. The van der Waals surface area contributed by atoms with Crippen LogP contribution in [0.3, 0.4) is 0 Å². The van der Waals surface area contributed by atoms with E-state index in [0.717, 1.165) is 17.7 Å². The molecule has 0 saturated heterocycles. The van der Waals surface area contributed by atoms with E-state index in [-0.39, 0.29) is 0 Å². The summed E-state index contributed by atoms with van der Waals surface area (Å²) in [6.45, 7) is 0.703. The van der Waals surface area contributed by atoms with Crippen molar-refractivity contribution in [3.8, 4) is 5.75 Å². The summed E-state index contributed by atoms with van der Waals surface area (Å²) in [5.74, 6) is 1.62. The molecule has 3 aromatic rings. The van der Waals surface area contributed by atoms with Crippen molar-refractivity contribution in [3.05, 3.63) is 71.9 Å². The SMILES string of the molecule is COC(=O)c1cccc(Nc2nccc(NCCc3ccccc3OC)n2)c1. The highest BCUT2D eigenvalue weighted by Crippen LogP contribution is 2.19. The van der Waals surface area contributed by atoms with Gasteiger partial charge in [-0.15, -0.1) is 0 Å². The first kappa shape index (κ1) is 19.2. The molecule has 0 radical (unpaired) electrons. The fourth-order valence-electron chi connectivity index (χ4n) is 2.72. The highest BCUT2D eigenvalue weighted by molar-refractivity contribution is 5.90. The number of hydrogen-bond acceptors (Lipinski definition) is 7. The molecule has 7 nitrogen and oxygen atoms in total. The standard InChI is InChI=1S/C21H22N4O3/c1-27-18-9-4-3-6-15(18)10-12-22-19-11-13-23-21(25-19)24-17-8-5-7-16(14-17)20(26)28-2/h3-9,11,13-14H,10,12H2,1-2H3,(H2,22,23,24,25). The average Bonchev–Trinajstić information content (AvgIpc) is 2.74. The molecular formula is C21H22N4O3. The normalized spacial score (nSPS) is 10.2. The topological polar surface area (TPSA) is 85.4 Å². The molecule has 0 unspecified atom stereocenters. The van der Waals surface area contributed by atoms with Crippen LogP contribution in [0, 0.1) is 0 Å². The number of rotatable bonds is 8. The second kappa shape index (κ2) is 9.36. The molecule has 0 spiro atoms. The van der Waals surface area contributed by atoms with Gasteiger partial charge in [0.2, 0.25) is 5.95 Å². The molecule has 144 valence electrons. The highest BCUT2D eigenvalue weighted by Gasteiger charge is 2.07. The van der Waals surface area contributed by atoms with Crippen molar-refractivity contribution in [1.29, 1.82) is 0 Å². The van der Waals surface area contributed by atoms with Crippen molar-refractivity contribution < 1.29 is 14.3 Å². The molecule has 1 heterocycles. The number of para-hydroxylation sites is 1. The van der Waals surface area contributed by atoms with E-state index in [1.165, 1.54) is 7.11 Å². The molecule has 0 fully saturated rings. The molecule has 7 heteroatoms. The van der Waals surface area contributed by atoms with E-state index in [4.69, 9.17) is 9.47 Å². The highest BCUT2D eigenvalue weighted by atomic mass is 16.5. The van der Waals surface area contributed by atoms with Crippen LogP contribution < -0.4 is 15.4 Å². The summed E-state index contributed by atoms with van der Waals surface area (Å²) in [4.78, 5) is 20.3. The smallest absolute Gasteiger partial charge is 0.337 e. The van der Waals surface area contributed by atoms with Crippen LogP contribution in [-0.2, 0) is 11.2 Å². The van der Waals surface area contributed by atoms with E-state index in [1.54, 1.807) is 37.6 Å². The van der Waals surface area contributed by atoms with Gasteiger partial charge in [0.05, 0.1) is 19.8 Å². The Bertz CT molecular complexity index is 946. The number of carbonyl (C=O) groups is 1. The molecule has 2 N–H and O–H groups in total. The van der Waals surface area contributed by atoms with E-state index in [1.807, 2.05) is 30.3 Å². The Morgan fingerprint density at radius 2 is 1.93 bits per heavy atom. The quantitative estimate of drug-likeness (QED) is 0.579. The van der Waals surface area contributed by atoms with E-state index in [2.05, 4.69) is 20.6 Å². The van der Waals surface area contributed by atoms with Crippen LogP contribution in [0.2, 0.25) is 0 Å². The number of hydrogen-bond donors (Lipinski definition) is 2. The Labute approximate surface area is 163 Å². The monoisotopic (exact) mass is 378 g/mol. The van der Waals surface area contributed by atoms with Gasteiger partial charge in [0.15, 0.2) is 0 Å². The lowest BCUT2D eigenvalue weighted by molar-refractivity contribution is 0.0601. The second-order valence-corrected chi connectivity index (χ2v) is 5.95. The summed E-state index contributed by atoms with van der Waals surface area (Å²) >= 11 is 0. The zero-order chi connectivity index (χ0) is 19.8. The molecule has 2 aromatic carbocycles. The van der Waals surface area contributed by atoms with E-state index in [0.29, 0.717) is 29.6 Å². The van der Waals surface area contributed by atoms with Crippen molar-refractivity contribution in [1.82, 2.24) is 9.97 Å². The Balaban J connectivity index is 1.62. The summed E-state index contributed by atoms with van der Waals surface area (Å²) in [6, 6.07) is 16.7. The third-order valence-electron chi connectivity index (χ3n) is 4.09. The van der Waals surface area contributed by atoms with E-state index < -0.39 is 5.97 Å². The van der Waals surface area contributed by atoms with Gasteiger partial charge in [0.25, 0.3) is 0 Å². The third-order valence-corrected chi connectivity index (χ3v) is 4.09. The summed E-state index contributed by atoms with van der Waals surface area (Å²) in [6.07, 6.45) is 2.48. The van der Waals surface area contributed by atoms with Crippen LogP contribution in [-0.4, -0.2) is 36.7 Å². The number of ether oxygens (including phenoxy) is 2. The van der Waals surface area contributed by atoms with Crippen LogP contribution in [0.25, 0.3) is 0 Å². The predicted molar refractivity (Wildman–Crippen MR) is 108 cm³/mol. The number of carbonyl (C=O) groups excluding carboxylic acids is 1. The lowest BCUT2D eigenvalue weighted by Gasteiger charge is -2.10. The molecular weight excluding hydrogens is 356 g/mol. The van der Waals surface area contributed by atoms with Crippen molar-refractivity contribution in [2.45, 2.75) is 6.42 Å². The van der Waals surface area contributed by atoms with Crippen LogP contribution in [0.15, 0.2) is 60.8 Å². The molecule has 0 saturated carbocycles. The molecule has 28 heavy (non-hydrogen) atoms. The average molecular weight is 378 g/mol. The first-order valence-corrected chi connectivity index (χ1v) is 8.84. The van der Waals surface area contributed by atoms with Crippen LogP contribution in [0.1, 0.15) is 15.9 Å². The summed E-state index contributed by atoms with van der Waals surface area (Å²) in [7, 11) is 3.02. The van der Waals surface area contributed by atoms with Crippen molar-refractivity contribution in [2.24, 2.45) is 0 Å². The molecule has 0 aliphatic heterocycles. The van der Waals surface area contributed by atoms with Gasteiger partial charge in [-0.1, -0.05) is 24.3 Å². The summed E-state index contributed by atoms with van der Waals surface area (Å²) < 4.78 is 10.1. The Morgan fingerprint density at radius 3 is 2.75 bits per heavy atom. The van der Waals surface area contributed by atoms with Gasteiger partial charge in [-0.25, -0.2) is 9.78 Å². The maximum Gasteiger partial charge on any atom is 0.337 e. The maximum absolute atomic E-state index is 11.7. The minimum absolute atomic E-state index is 0.392. The first-order chi connectivity index (χ1) is 13.7. The third kappa shape index (κ3) is 4.97. The fourth-order valence-corrected chi connectivity index (χ4v) is 2.72. The number of aromatic nitrogens is 2. The maximum atomic E-state index is 11.7. The van der Waals surface area contributed by atoms with Gasteiger partial charge < -0.3 is 20.1 Å². The Morgan fingerprint density at radius 1 is 1.07 bits per heavy atom. The second-order valence-electron chi connectivity index (χ2n) is 5.95. The van der Waals surface area contributed by atoms with Crippen molar-refractivity contribution in [2.75, 3.05) is 31.4 Å². The molecule has 0 aliphatic rings. The van der Waals surface area contributed by atoms with E-state index >= 15 is 0 Å². The number of methoxy groups -OCH3 is 2. The van der Waals surface area contributed by atoms with Crippen molar-refractivity contribution >= 4 is 23.4 Å². The zero-order valence-electron chi connectivity index (χ0n) is 15.8. The van der Waals surface area contributed by atoms with Gasteiger partial charge in [-0.05, 0) is 42.3 Å². The molecule has 1 aromatic heterocycles. The summed E-state index contributed by atoms with van der Waals surface area (Å²) in [5.41, 5.74) is 2.29. The number of esters is 1. The predicted octanol–water partition coefficient (Wildman–Crippen LogP) is 3.67. The van der Waals surface area contributed by atoms with Crippen LogP contribution >= 0.6 is 0 Å². The lowest BCUT2D eigenvalue weighted by Crippen LogP contribution is -2.08. The minimum Gasteiger partial charge on any atom is -0.496 e. The number of anilines is 3.